The number of allylic oxidation sites excluding steroid dienone is 3. The van der Waals surface area contributed by atoms with Gasteiger partial charge in [0.15, 0.2) is 11.6 Å². The molecule has 0 saturated heterocycles. The maximum Gasteiger partial charge on any atom is 1.00 e. The molecule has 0 spiro atoms. The van der Waals surface area contributed by atoms with Crippen LogP contribution in [0.1, 0.15) is 50.7 Å². The minimum atomic E-state index is -4.41. The number of alkyl halides is 6. The summed E-state index contributed by atoms with van der Waals surface area (Å²) in [4.78, 5) is 61.2. The van der Waals surface area contributed by atoms with Crippen molar-refractivity contribution in [2.75, 3.05) is 25.7 Å². The van der Waals surface area contributed by atoms with E-state index >= 15 is 0 Å². The number of esters is 2. The minimum absolute atomic E-state index is 0. The maximum absolute atomic E-state index is 12.7. The first kappa shape index (κ1) is 51.8. The van der Waals surface area contributed by atoms with Gasteiger partial charge in [-0.1, -0.05) is 25.1 Å². The van der Waals surface area contributed by atoms with Gasteiger partial charge in [0.25, 0.3) is 0 Å². The zero-order valence-electron chi connectivity index (χ0n) is 29.5. The number of carbonyl (C=O) groups excluding carboxylic acids is 6. The summed E-state index contributed by atoms with van der Waals surface area (Å²) < 4.78 is 84.3. The third kappa shape index (κ3) is 22.5. The Morgan fingerprint density at radius 1 is 0.906 bits per heavy atom. The van der Waals surface area contributed by atoms with Crippen molar-refractivity contribution < 1.29 is 99.2 Å². The molecule has 0 N–H and O–H groups in total. The summed E-state index contributed by atoms with van der Waals surface area (Å²) in [6.07, 6.45) is -2.85. The number of thioether (sulfide) groups is 2. The molecular weight excluding hydrogens is 765 g/mol. The molecule has 0 aliphatic heterocycles. The van der Waals surface area contributed by atoms with Gasteiger partial charge in [-0.05, 0) is 80.0 Å². The first-order valence-corrected chi connectivity index (χ1v) is 17.1. The Labute approximate surface area is 333 Å². The second-order valence-electron chi connectivity index (χ2n) is 10.3. The topological polar surface area (TPSA) is 144 Å². The van der Waals surface area contributed by atoms with Crippen LogP contribution >= 0.6 is 23.5 Å². The number of halogens is 6. The van der Waals surface area contributed by atoms with Gasteiger partial charge in [0.1, 0.15) is 0 Å². The number of carbonyl (C=O) groups is 4. The van der Waals surface area contributed by atoms with Crippen molar-refractivity contribution in [3.8, 4) is 0 Å². The second kappa shape index (κ2) is 27.3. The molecule has 53 heavy (non-hydrogen) atoms. The van der Waals surface area contributed by atoms with E-state index in [9.17, 15) is 50.6 Å². The Morgan fingerprint density at radius 3 is 1.79 bits per heavy atom. The molecule has 2 aromatic rings. The Kier molecular flexibility index (Phi) is 26.6. The van der Waals surface area contributed by atoms with Gasteiger partial charge in [-0.3, -0.25) is 19.2 Å². The van der Waals surface area contributed by atoms with E-state index in [0.29, 0.717) is 40.6 Å². The van der Waals surface area contributed by atoms with Crippen molar-refractivity contribution in [1.82, 2.24) is 0 Å². The van der Waals surface area contributed by atoms with E-state index in [4.69, 9.17) is 9.59 Å². The van der Waals surface area contributed by atoms with E-state index < -0.39 is 47.0 Å². The van der Waals surface area contributed by atoms with Gasteiger partial charge in [-0.25, -0.2) is 0 Å². The van der Waals surface area contributed by atoms with Gasteiger partial charge >= 0.3 is 60.0 Å². The van der Waals surface area contributed by atoms with Crippen LogP contribution in [0.2, 0.25) is 0 Å². The quantitative estimate of drug-likeness (QED) is 0.0809. The van der Waals surface area contributed by atoms with Crippen LogP contribution in [-0.2, 0) is 50.6 Å². The number of ketones is 2. The largest absolute Gasteiger partial charge is 1.00 e. The van der Waals surface area contributed by atoms with Crippen LogP contribution in [0.3, 0.4) is 0 Å². The normalized spacial score (nSPS) is 15.0. The van der Waals surface area contributed by atoms with Crippen molar-refractivity contribution in [3.05, 3.63) is 83.6 Å². The molecule has 0 heterocycles. The molecule has 0 saturated carbocycles. The summed E-state index contributed by atoms with van der Waals surface area (Å²) in [7, 11) is 2.55. The monoisotopic (exact) mass is 802 g/mol. The zero-order chi connectivity index (χ0) is 39.9. The molecule has 0 aromatic heterocycles. The summed E-state index contributed by atoms with van der Waals surface area (Å²) in [5, 5.41) is 11.9. The van der Waals surface area contributed by atoms with Gasteiger partial charge < -0.3 is 14.6 Å². The SMILES string of the molecule is CC(=O)/C=C/CCSc1cccc(C(F)(F)F)c1.CCC(=O)OC.COC(=O)C1C([O-])=CC(=O)CC1CCSc1cccc(C(F)(F)F)c1.O=C=O.[Na+]. The molecule has 1 aliphatic rings. The van der Waals surface area contributed by atoms with Crippen LogP contribution in [0, 0.1) is 11.8 Å². The number of hydrogen-bond acceptors (Lipinski definition) is 11. The zero-order valence-corrected chi connectivity index (χ0v) is 33.1. The average molecular weight is 803 g/mol. The van der Waals surface area contributed by atoms with Crippen LogP contribution in [-0.4, -0.2) is 55.4 Å². The van der Waals surface area contributed by atoms with Crippen LogP contribution in [0.4, 0.5) is 26.3 Å². The molecule has 2 atom stereocenters. The predicted molar refractivity (Wildman–Crippen MR) is 177 cm³/mol. The standard InChI is InChI=1S/C17H17F3O4S.C13H13F3OS.C4H8O2.CO2.Na/c1-24-16(23)15-10(7-12(21)9-14(15)22)5-6-25-13-4-2-3-11(8-13)17(18,19)20;1-10(17)5-2-3-8-18-12-7-4-6-11(9-12)13(14,15)16;1-3-4(5)6-2;2-1-3;/h2-4,8-10,15,22H,5-7H2,1H3;2,4-7,9H,3,8H2,1H3;3H2,1-2H3;;/q;;;;+1/p-1/b;5-2+;;;. The molecule has 2 aromatic carbocycles. The van der Waals surface area contributed by atoms with Crippen molar-refractivity contribution in [1.29, 1.82) is 0 Å². The van der Waals surface area contributed by atoms with Gasteiger partial charge in [0, 0.05) is 28.4 Å². The first-order valence-electron chi connectivity index (χ1n) is 15.2. The number of ether oxygens (including phenoxy) is 2. The maximum atomic E-state index is 12.7. The molecule has 3 rings (SSSR count). The molecule has 0 radical (unpaired) electrons. The predicted octanol–water partition coefficient (Wildman–Crippen LogP) is 4.13. The van der Waals surface area contributed by atoms with Gasteiger partial charge in [0.05, 0.1) is 31.3 Å². The summed E-state index contributed by atoms with van der Waals surface area (Å²) >= 11 is 2.52. The molecule has 2 unspecified atom stereocenters. The van der Waals surface area contributed by atoms with E-state index in [1.165, 1.54) is 62.9 Å². The number of rotatable bonds is 11. The van der Waals surface area contributed by atoms with E-state index in [1.54, 1.807) is 25.1 Å². The first-order chi connectivity index (χ1) is 24.3. The molecule has 0 bridgehead atoms. The van der Waals surface area contributed by atoms with Crippen molar-refractivity contribution in [2.45, 2.75) is 61.7 Å². The smallest absolute Gasteiger partial charge is 0.875 e. The Balaban J connectivity index is 0. The molecule has 9 nitrogen and oxygen atoms in total. The van der Waals surface area contributed by atoms with Gasteiger partial charge in [0.2, 0.25) is 0 Å². The summed E-state index contributed by atoms with van der Waals surface area (Å²) in [5.41, 5.74) is -1.37. The summed E-state index contributed by atoms with van der Waals surface area (Å²) in [6.45, 7) is 3.21. The molecular formula is C35H37F6NaO9S2. The molecule has 18 heteroatoms. The van der Waals surface area contributed by atoms with E-state index in [2.05, 4.69) is 9.47 Å². The van der Waals surface area contributed by atoms with Crippen LogP contribution in [0.5, 0.6) is 0 Å². The third-order valence-electron chi connectivity index (χ3n) is 6.50. The van der Waals surface area contributed by atoms with Gasteiger partial charge in [-0.2, -0.15) is 35.9 Å². The molecule has 0 amide bonds. The van der Waals surface area contributed by atoms with Crippen molar-refractivity contribution in [2.24, 2.45) is 11.8 Å². The molecule has 1 aliphatic carbocycles. The summed E-state index contributed by atoms with van der Waals surface area (Å²) in [5.74, 6) is -2.31. The average Bonchev–Trinajstić information content (AvgIpc) is 3.07. The number of benzene rings is 2. The van der Waals surface area contributed by atoms with E-state index in [1.807, 2.05) is 0 Å². The van der Waals surface area contributed by atoms with Crippen molar-refractivity contribution >= 4 is 53.2 Å². The second-order valence-corrected chi connectivity index (χ2v) is 12.7. The fraction of sp³-hybridized carbons (Fsp3) is 0.400. The van der Waals surface area contributed by atoms with E-state index in [-0.39, 0.29) is 59.7 Å². The minimum Gasteiger partial charge on any atom is -0.875 e. The molecule has 286 valence electrons. The number of hydrogen-bond donors (Lipinski definition) is 0. The Hall–Kier alpha value is -3.34. The Morgan fingerprint density at radius 2 is 1.40 bits per heavy atom. The number of methoxy groups -OCH3 is 2. The van der Waals surface area contributed by atoms with Crippen LogP contribution in [0.15, 0.2) is 82.3 Å². The fourth-order valence-corrected chi connectivity index (χ4v) is 6.03. The van der Waals surface area contributed by atoms with Crippen LogP contribution < -0.4 is 34.7 Å². The van der Waals surface area contributed by atoms with Gasteiger partial charge in [-0.15, -0.1) is 29.3 Å². The third-order valence-corrected chi connectivity index (χ3v) is 8.56. The van der Waals surface area contributed by atoms with Crippen molar-refractivity contribution in [3.63, 3.8) is 0 Å². The fourth-order valence-electron chi connectivity index (χ4n) is 4.11. The molecule has 0 fully saturated rings. The van der Waals surface area contributed by atoms with E-state index in [0.717, 1.165) is 30.3 Å². The van der Waals surface area contributed by atoms with Crippen LogP contribution in [0.25, 0.3) is 0 Å². The Bertz CT molecular complexity index is 1550. The summed E-state index contributed by atoms with van der Waals surface area (Å²) in [6, 6.07) is 10.2.